The third-order valence-electron chi connectivity index (χ3n) is 3.35. The maximum Gasteiger partial charge on any atom is 0.255 e. The Morgan fingerprint density at radius 2 is 2.28 bits per heavy atom. The van der Waals surface area contributed by atoms with Crippen LogP contribution in [0.4, 0.5) is 4.39 Å². The Kier molecular flexibility index (Phi) is 3.84. The molecule has 1 saturated carbocycles. The highest BCUT2D eigenvalue weighted by atomic mass is 19.1. The Hall–Kier alpha value is -1.58. The van der Waals surface area contributed by atoms with Crippen molar-refractivity contribution in [1.29, 1.82) is 0 Å². The van der Waals surface area contributed by atoms with Crippen LogP contribution in [-0.4, -0.2) is 17.1 Å². The zero-order valence-corrected chi connectivity index (χ0v) is 10.4. The first-order valence-electron chi connectivity index (χ1n) is 6.39. The number of halogens is 1. The maximum absolute atomic E-state index is 12.8. The second-order valence-electron chi connectivity index (χ2n) is 4.92. The predicted octanol–water partition coefficient (Wildman–Crippen LogP) is 2.84. The second-order valence-corrected chi connectivity index (χ2v) is 4.92. The van der Waals surface area contributed by atoms with Gasteiger partial charge in [-0.15, -0.1) is 0 Å². The molecule has 0 heterocycles. The smallest absolute Gasteiger partial charge is 0.255 e. The molecule has 1 fully saturated rings. The normalized spacial score (nSPS) is 16.3. The fourth-order valence-corrected chi connectivity index (χ4v) is 2.04. The molecule has 1 atom stereocenters. The average molecular weight is 251 g/mol. The highest BCUT2D eigenvalue weighted by molar-refractivity contribution is 5.96. The molecular weight excluding hydrogens is 233 g/mol. The van der Waals surface area contributed by atoms with Crippen molar-refractivity contribution in [3.05, 3.63) is 29.6 Å². The van der Waals surface area contributed by atoms with Crippen molar-refractivity contribution in [2.45, 2.75) is 38.6 Å². The van der Waals surface area contributed by atoms with Gasteiger partial charge in [-0.1, -0.05) is 19.8 Å². The highest BCUT2D eigenvalue weighted by Crippen LogP contribution is 2.34. The fourth-order valence-electron chi connectivity index (χ4n) is 2.04. The van der Waals surface area contributed by atoms with E-state index in [-0.39, 0.29) is 23.3 Å². The molecule has 1 unspecified atom stereocenters. The first-order valence-corrected chi connectivity index (χ1v) is 6.39. The number of phenols is 1. The molecule has 1 aromatic rings. The molecule has 2 N–H and O–H groups in total. The summed E-state index contributed by atoms with van der Waals surface area (Å²) in [5, 5.41) is 12.4. The number of nitrogens with one attached hydrogen (secondary N) is 1. The van der Waals surface area contributed by atoms with Crippen molar-refractivity contribution in [1.82, 2.24) is 5.32 Å². The van der Waals surface area contributed by atoms with Gasteiger partial charge < -0.3 is 10.4 Å². The monoisotopic (exact) mass is 251 g/mol. The Bertz CT molecular complexity index is 443. The lowest BCUT2D eigenvalue weighted by Crippen LogP contribution is -2.34. The molecule has 3 nitrogen and oxygen atoms in total. The summed E-state index contributed by atoms with van der Waals surface area (Å²) >= 11 is 0. The number of hydrogen-bond donors (Lipinski definition) is 2. The summed E-state index contributed by atoms with van der Waals surface area (Å²) in [6.45, 7) is 2.03. The second kappa shape index (κ2) is 5.38. The lowest BCUT2D eigenvalue weighted by atomic mass is 10.1. The standard InChI is InChI=1S/C14H18FNO2/c1-2-11(7-9-3-4-9)16-14(18)12-6-5-10(15)8-13(12)17/h5-6,8-9,11,17H,2-4,7H2,1H3,(H,16,18). The molecule has 4 heteroatoms. The van der Waals surface area contributed by atoms with Gasteiger partial charge in [-0.05, 0) is 30.9 Å². The molecule has 1 aromatic carbocycles. The number of amides is 1. The van der Waals surface area contributed by atoms with Crippen LogP contribution >= 0.6 is 0 Å². The number of benzene rings is 1. The van der Waals surface area contributed by atoms with Gasteiger partial charge >= 0.3 is 0 Å². The van der Waals surface area contributed by atoms with Crippen LogP contribution in [0.1, 0.15) is 43.0 Å². The molecule has 98 valence electrons. The van der Waals surface area contributed by atoms with Crippen LogP contribution in [0, 0.1) is 11.7 Å². The number of rotatable bonds is 5. The van der Waals surface area contributed by atoms with E-state index in [1.54, 1.807) is 0 Å². The SMILES string of the molecule is CCC(CC1CC1)NC(=O)c1ccc(F)cc1O. The molecule has 0 aliphatic heterocycles. The van der Waals surface area contributed by atoms with Crippen LogP contribution in [0.2, 0.25) is 0 Å². The van der Waals surface area contributed by atoms with Crippen molar-refractivity contribution in [2.75, 3.05) is 0 Å². The number of phenolic OH excluding ortho intramolecular Hbond substituents is 1. The van der Waals surface area contributed by atoms with Crippen molar-refractivity contribution in [3.63, 3.8) is 0 Å². The molecule has 18 heavy (non-hydrogen) atoms. The third-order valence-corrected chi connectivity index (χ3v) is 3.35. The minimum absolute atomic E-state index is 0.130. The van der Waals surface area contributed by atoms with Gasteiger partial charge in [-0.3, -0.25) is 4.79 Å². The molecule has 0 spiro atoms. The average Bonchev–Trinajstić information content (AvgIpc) is 3.11. The van der Waals surface area contributed by atoms with Crippen LogP contribution in [0.5, 0.6) is 5.75 Å². The lowest BCUT2D eigenvalue weighted by Gasteiger charge is -2.17. The number of aromatic hydroxyl groups is 1. The summed E-state index contributed by atoms with van der Waals surface area (Å²) in [5.41, 5.74) is 0.130. The van der Waals surface area contributed by atoms with Crippen molar-refractivity contribution in [2.24, 2.45) is 5.92 Å². The van der Waals surface area contributed by atoms with E-state index < -0.39 is 5.82 Å². The molecular formula is C14H18FNO2. The van der Waals surface area contributed by atoms with Gasteiger partial charge in [0.1, 0.15) is 11.6 Å². The molecule has 1 aliphatic rings. The Balaban J connectivity index is 2.00. The van der Waals surface area contributed by atoms with Gasteiger partial charge in [-0.25, -0.2) is 4.39 Å². The van der Waals surface area contributed by atoms with E-state index in [4.69, 9.17) is 0 Å². The summed E-state index contributed by atoms with van der Waals surface area (Å²) in [7, 11) is 0. The van der Waals surface area contributed by atoms with Gasteiger partial charge in [0.25, 0.3) is 5.91 Å². The molecule has 0 radical (unpaired) electrons. The van der Waals surface area contributed by atoms with Gasteiger partial charge in [0, 0.05) is 12.1 Å². The van der Waals surface area contributed by atoms with E-state index in [1.165, 1.54) is 25.0 Å². The zero-order chi connectivity index (χ0) is 13.1. The van der Waals surface area contributed by atoms with Gasteiger partial charge in [-0.2, -0.15) is 0 Å². The number of hydrogen-bond acceptors (Lipinski definition) is 2. The molecule has 0 saturated heterocycles. The van der Waals surface area contributed by atoms with E-state index >= 15 is 0 Å². The van der Waals surface area contributed by atoms with Gasteiger partial charge in [0.15, 0.2) is 0 Å². The van der Waals surface area contributed by atoms with Crippen LogP contribution in [0.25, 0.3) is 0 Å². The summed E-state index contributed by atoms with van der Waals surface area (Å²) in [5.74, 6) is -0.458. The quantitative estimate of drug-likeness (QED) is 0.845. The van der Waals surface area contributed by atoms with Gasteiger partial charge in [0.05, 0.1) is 5.56 Å². The molecule has 0 bridgehead atoms. The van der Waals surface area contributed by atoms with Crippen molar-refractivity contribution >= 4 is 5.91 Å². The summed E-state index contributed by atoms with van der Waals surface area (Å²) < 4.78 is 12.8. The summed E-state index contributed by atoms with van der Waals surface area (Å²) in [6, 6.07) is 3.58. The lowest BCUT2D eigenvalue weighted by molar-refractivity contribution is 0.0930. The maximum atomic E-state index is 12.8. The Labute approximate surface area is 106 Å². The first-order chi connectivity index (χ1) is 8.60. The van der Waals surface area contributed by atoms with E-state index in [2.05, 4.69) is 5.32 Å². The van der Waals surface area contributed by atoms with Crippen LogP contribution in [-0.2, 0) is 0 Å². The minimum Gasteiger partial charge on any atom is -0.507 e. The molecule has 1 amide bonds. The summed E-state index contributed by atoms with van der Waals surface area (Å²) in [4.78, 5) is 12.0. The van der Waals surface area contributed by atoms with E-state index in [9.17, 15) is 14.3 Å². The predicted molar refractivity (Wildman–Crippen MR) is 67.0 cm³/mol. The van der Waals surface area contributed by atoms with E-state index in [0.717, 1.165) is 24.8 Å². The van der Waals surface area contributed by atoms with Crippen LogP contribution in [0.15, 0.2) is 18.2 Å². The molecule has 2 rings (SSSR count). The summed E-state index contributed by atoms with van der Waals surface area (Å²) in [6.07, 6.45) is 4.34. The van der Waals surface area contributed by atoms with Crippen LogP contribution in [0.3, 0.4) is 0 Å². The third kappa shape index (κ3) is 3.22. The van der Waals surface area contributed by atoms with E-state index in [0.29, 0.717) is 0 Å². The highest BCUT2D eigenvalue weighted by Gasteiger charge is 2.26. The zero-order valence-electron chi connectivity index (χ0n) is 10.4. The molecule has 1 aliphatic carbocycles. The van der Waals surface area contributed by atoms with Gasteiger partial charge in [0.2, 0.25) is 0 Å². The number of carbonyl (C=O) groups excluding carboxylic acids is 1. The topological polar surface area (TPSA) is 49.3 Å². The Morgan fingerprint density at radius 1 is 1.56 bits per heavy atom. The Morgan fingerprint density at radius 3 is 2.83 bits per heavy atom. The van der Waals surface area contributed by atoms with Crippen molar-refractivity contribution < 1.29 is 14.3 Å². The largest absolute Gasteiger partial charge is 0.507 e. The van der Waals surface area contributed by atoms with E-state index in [1.807, 2.05) is 6.92 Å². The van der Waals surface area contributed by atoms with Crippen molar-refractivity contribution in [3.8, 4) is 5.75 Å². The fraction of sp³-hybridized carbons (Fsp3) is 0.500. The minimum atomic E-state index is -0.547. The number of carbonyl (C=O) groups is 1. The van der Waals surface area contributed by atoms with Crippen LogP contribution < -0.4 is 5.32 Å². The molecule has 0 aromatic heterocycles. The first kappa shape index (κ1) is 12.9.